The number of carbonyl (C=O) groups excluding carboxylic acids is 1. The average Bonchev–Trinajstić information content (AvgIpc) is 2.43. The number of amides is 2. The van der Waals surface area contributed by atoms with Gasteiger partial charge in [-0.15, -0.1) is 0 Å². The highest BCUT2D eigenvalue weighted by atomic mass is 16.5. The fraction of sp³-hybridized carbons (Fsp3) is 0.857. The summed E-state index contributed by atoms with van der Waals surface area (Å²) in [5.74, 6) is -1.37. The zero-order valence-electron chi connectivity index (χ0n) is 12.4. The van der Waals surface area contributed by atoms with E-state index in [-0.39, 0.29) is 18.7 Å². The Balaban J connectivity index is 2.31. The van der Waals surface area contributed by atoms with E-state index in [0.29, 0.717) is 13.0 Å². The molecule has 0 aromatic carbocycles. The molecule has 0 aromatic rings. The number of carbonyl (C=O) groups is 2. The van der Waals surface area contributed by atoms with E-state index in [1.807, 2.05) is 6.92 Å². The molecule has 2 unspecified atom stereocenters. The van der Waals surface area contributed by atoms with E-state index in [0.717, 1.165) is 32.3 Å². The molecule has 6 heteroatoms. The molecule has 0 aromatic heterocycles. The number of carboxylic acid groups (broad SMARTS) is 1. The van der Waals surface area contributed by atoms with E-state index in [1.165, 1.54) is 0 Å². The Labute approximate surface area is 120 Å². The number of nitrogens with one attached hydrogen (secondary N) is 1. The average molecular weight is 286 g/mol. The molecule has 2 atom stereocenters. The fourth-order valence-corrected chi connectivity index (χ4v) is 2.35. The first-order valence-corrected chi connectivity index (χ1v) is 7.38. The highest BCUT2D eigenvalue weighted by molar-refractivity contribution is 5.75. The van der Waals surface area contributed by atoms with Gasteiger partial charge in [0, 0.05) is 26.7 Å². The van der Waals surface area contributed by atoms with Crippen molar-refractivity contribution in [3.8, 4) is 0 Å². The molecule has 1 aliphatic rings. The lowest BCUT2D eigenvalue weighted by molar-refractivity contribution is -0.141. The van der Waals surface area contributed by atoms with E-state index in [4.69, 9.17) is 9.84 Å². The molecule has 0 radical (unpaired) electrons. The van der Waals surface area contributed by atoms with Crippen LogP contribution in [0.25, 0.3) is 0 Å². The second kappa shape index (κ2) is 8.79. The number of carboxylic acids is 1. The van der Waals surface area contributed by atoms with Gasteiger partial charge in [-0.2, -0.15) is 0 Å². The SMILES string of the molecule is CCCC(CNC(=O)N(C)CC1CCCCO1)C(=O)O. The third kappa shape index (κ3) is 5.77. The molecule has 1 aliphatic heterocycles. The minimum Gasteiger partial charge on any atom is -0.481 e. The highest BCUT2D eigenvalue weighted by Crippen LogP contribution is 2.13. The van der Waals surface area contributed by atoms with Gasteiger partial charge in [-0.25, -0.2) is 4.79 Å². The largest absolute Gasteiger partial charge is 0.481 e. The van der Waals surface area contributed by atoms with Crippen LogP contribution in [0.5, 0.6) is 0 Å². The summed E-state index contributed by atoms with van der Waals surface area (Å²) in [7, 11) is 1.71. The Hall–Kier alpha value is -1.30. The topological polar surface area (TPSA) is 78.9 Å². The number of ether oxygens (including phenoxy) is 1. The van der Waals surface area contributed by atoms with Crippen LogP contribution in [0.15, 0.2) is 0 Å². The van der Waals surface area contributed by atoms with Crippen molar-refractivity contribution in [1.82, 2.24) is 10.2 Å². The van der Waals surface area contributed by atoms with Gasteiger partial charge in [-0.05, 0) is 25.7 Å². The Morgan fingerprint density at radius 2 is 2.20 bits per heavy atom. The summed E-state index contributed by atoms with van der Waals surface area (Å²) in [6.45, 7) is 3.43. The lowest BCUT2D eigenvalue weighted by Crippen LogP contribution is -2.44. The van der Waals surface area contributed by atoms with Gasteiger partial charge in [0.25, 0.3) is 0 Å². The molecule has 1 fully saturated rings. The maximum Gasteiger partial charge on any atom is 0.317 e. The molecule has 2 N–H and O–H groups in total. The maximum absolute atomic E-state index is 11.9. The molecular formula is C14H26N2O4. The first-order chi connectivity index (χ1) is 9.54. The normalized spacial score (nSPS) is 20.2. The summed E-state index contributed by atoms with van der Waals surface area (Å²) >= 11 is 0. The van der Waals surface area contributed by atoms with Crippen LogP contribution in [0.3, 0.4) is 0 Å². The van der Waals surface area contributed by atoms with Gasteiger partial charge in [0.2, 0.25) is 0 Å². The van der Waals surface area contributed by atoms with Crippen molar-refractivity contribution in [2.75, 3.05) is 26.7 Å². The van der Waals surface area contributed by atoms with Crippen LogP contribution in [0.2, 0.25) is 0 Å². The van der Waals surface area contributed by atoms with Gasteiger partial charge < -0.3 is 20.1 Å². The van der Waals surface area contributed by atoms with Gasteiger partial charge in [0.15, 0.2) is 0 Å². The van der Waals surface area contributed by atoms with Gasteiger partial charge in [-0.3, -0.25) is 4.79 Å². The molecule has 0 bridgehead atoms. The monoisotopic (exact) mass is 286 g/mol. The Bertz CT molecular complexity index is 316. The van der Waals surface area contributed by atoms with Crippen molar-refractivity contribution in [2.45, 2.75) is 45.1 Å². The number of hydrogen-bond acceptors (Lipinski definition) is 3. The molecule has 0 aliphatic carbocycles. The van der Waals surface area contributed by atoms with E-state index in [2.05, 4.69) is 5.32 Å². The summed E-state index contributed by atoms with van der Waals surface area (Å²) in [4.78, 5) is 24.5. The standard InChI is InChI=1S/C14H26N2O4/c1-3-6-11(13(17)18)9-15-14(19)16(2)10-12-7-4-5-8-20-12/h11-12H,3-10H2,1-2H3,(H,15,19)(H,17,18). The number of urea groups is 1. The van der Waals surface area contributed by atoms with Crippen LogP contribution in [0.1, 0.15) is 39.0 Å². The highest BCUT2D eigenvalue weighted by Gasteiger charge is 2.21. The first-order valence-electron chi connectivity index (χ1n) is 7.38. The van der Waals surface area contributed by atoms with Gasteiger partial charge in [-0.1, -0.05) is 13.3 Å². The minimum absolute atomic E-state index is 0.102. The molecule has 0 saturated carbocycles. The predicted molar refractivity (Wildman–Crippen MR) is 75.7 cm³/mol. The molecule has 116 valence electrons. The van der Waals surface area contributed by atoms with Crippen LogP contribution < -0.4 is 5.32 Å². The summed E-state index contributed by atoms with van der Waals surface area (Å²) in [5, 5.41) is 11.7. The number of aliphatic carboxylic acids is 1. The molecule has 1 saturated heterocycles. The van der Waals surface area contributed by atoms with Crippen molar-refractivity contribution < 1.29 is 19.4 Å². The predicted octanol–water partition coefficient (Wildman–Crippen LogP) is 1.70. The quantitative estimate of drug-likeness (QED) is 0.746. The van der Waals surface area contributed by atoms with Crippen molar-refractivity contribution in [3.05, 3.63) is 0 Å². The molecule has 2 amide bonds. The van der Waals surface area contributed by atoms with Crippen molar-refractivity contribution in [2.24, 2.45) is 5.92 Å². The van der Waals surface area contributed by atoms with Crippen LogP contribution in [0, 0.1) is 5.92 Å². The van der Waals surface area contributed by atoms with Crippen molar-refractivity contribution >= 4 is 12.0 Å². The van der Waals surface area contributed by atoms with Crippen LogP contribution >= 0.6 is 0 Å². The van der Waals surface area contributed by atoms with Crippen molar-refractivity contribution in [1.29, 1.82) is 0 Å². The lowest BCUT2D eigenvalue weighted by Gasteiger charge is -2.27. The molecular weight excluding hydrogens is 260 g/mol. The van der Waals surface area contributed by atoms with Gasteiger partial charge >= 0.3 is 12.0 Å². The third-order valence-electron chi connectivity index (χ3n) is 3.58. The molecule has 1 heterocycles. The van der Waals surface area contributed by atoms with Gasteiger partial charge in [0.05, 0.1) is 12.0 Å². The number of hydrogen-bond donors (Lipinski definition) is 2. The Morgan fingerprint density at radius 1 is 1.45 bits per heavy atom. The van der Waals surface area contributed by atoms with Crippen LogP contribution in [-0.2, 0) is 9.53 Å². The number of nitrogens with zero attached hydrogens (tertiary/aromatic N) is 1. The maximum atomic E-state index is 11.9. The summed E-state index contributed by atoms with van der Waals surface area (Å²) in [6.07, 6.45) is 4.67. The fourth-order valence-electron chi connectivity index (χ4n) is 2.35. The van der Waals surface area contributed by atoms with E-state index in [9.17, 15) is 9.59 Å². The first kappa shape index (κ1) is 16.8. The van der Waals surface area contributed by atoms with E-state index >= 15 is 0 Å². The third-order valence-corrected chi connectivity index (χ3v) is 3.58. The molecule has 1 rings (SSSR count). The lowest BCUT2D eigenvalue weighted by atomic mass is 10.0. The molecule has 20 heavy (non-hydrogen) atoms. The van der Waals surface area contributed by atoms with Crippen LogP contribution in [-0.4, -0.2) is 54.9 Å². The zero-order valence-corrected chi connectivity index (χ0v) is 12.4. The summed E-state index contributed by atoms with van der Waals surface area (Å²) in [6, 6.07) is -0.235. The summed E-state index contributed by atoms with van der Waals surface area (Å²) in [5.41, 5.74) is 0. The molecule has 6 nitrogen and oxygen atoms in total. The summed E-state index contributed by atoms with van der Waals surface area (Å²) < 4.78 is 5.59. The zero-order chi connectivity index (χ0) is 15.0. The van der Waals surface area contributed by atoms with E-state index < -0.39 is 11.9 Å². The second-order valence-electron chi connectivity index (χ2n) is 5.38. The number of rotatable bonds is 7. The Morgan fingerprint density at radius 3 is 2.75 bits per heavy atom. The Kier molecular flexibility index (Phi) is 7.36. The number of likely N-dealkylation sites (N-methyl/N-ethyl adjacent to an activating group) is 1. The minimum atomic E-state index is -0.856. The second-order valence-corrected chi connectivity index (χ2v) is 5.38. The van der Waals surface area contributed by atoms with Crippen molar-refractivity contribution in [3.63, 3.8) is 0 Å². The smallest absolute Gasteiger partial charge is 0.317 e. The molecule has 0 spiro atoms. The van der Waals surface area contributed by atoms with Gasteiger partial charge in [0.1, 0.15) is 0 Å². The van der Waals surface area contributed by atoms with Crippen LogP contribution in [0.4, 0.5) is 4.79 Å². The van der Waals surface area contributed by atoms with E-state index in [1.54, 1.807) is 11.9 Å².